The second-order valence-corrected chi connectivity index (χ2v) is 7.01. The Morgan fingerprint density at radius 3 is 3.00 bits per heavy atom. The lowest BCUT2D eigenvalue weighted by atomic mass is 10.0. The first kappa shape index (κ1) is 17.0. The van der Waals surface area contributed by atoms with Crippen molar-refractivity contribution in [2.24, 2.45) is 0 Å². The van der Waals surface area contributed by atoms with Crippen molar-refractivity contribution >= 4 is 17.2 Å². The second kappa shape index (κ2) is 7.81. The Kier molecular flexibility index (Phi) is 5.53. The number of aryl methyl sites for hydroxylation is 1. The van der Waals surface area contributed by atoms with Crippen LogP contribution in [0.5, 0.6) is 5.75 Å². The van der Waals surface area contributed by atoms with Gasteiger partial charge in [-0.3, -0.25) is 4.79 Å². The molecule has 0 saturated heterocycles. The van der Waals surface area contributed by atoms with Crippen molar-refractivity contribution in [2.45, 2.75) is 26.3 Å². The van der Waals surface area contributed by atoms with Crippen LogP contribution in [-0.2, 0) is 11.2 Å². The van der Waals surface area contributed by atoms with Crippen molar-refractivity contribution < 1.29 is 9.53 Å². The molecule has 24 heavy (non-hydrogen) atoms. The number of amides is 1. The van der Waals surface area contributed by atoms with Crippen LogP contribution in [0.2, 0.25) is 0 Å². The summed E-state index contributed by atoms with van der Waals surface area (Å²) in [5.41, 5.74) is 2.36. The van der Waals surface area contributed by atoms with Gasteiger partial charge in [0.25, 0.3) is 0 Å². The van der Waals surface area contributed by atoms with Gasteiger partial charge in [-0.25, -0.2) is 0 Å². The van der Waals surface area contributed by atoms with Crippen LogP contribution in [0.4, 0.5) is 0 Å². The Balaban J connectivity index is 1.77. The van der Waals surface area contributed by atoms with Crippen LogP contribution in [0.3, 0.4) is 0 Å². The van der Waals surface area contributed by atoms with E-state index in [2.05, 4.69) is 16.8 Å². The Labute approximate surface area is 147 Å². The molecule has 4 nitrogen and oxygen atoms in total. The largest absolute Gasteiger partial charge is 0.491 e. The highest BCUT2D eigenvalue weighted by atomic mass is 32.1. The van der Waals surface area contributed by atoms with Crippen molar-refractivity contribution in [1.82, 2.24) is 10.2 Å². The topological polar surface area (TPSA) is 41.6 Å². The number of carbonyl (C=O) groups excluding carboxylic acids is 1. The summed E-state index contributed by atoms with van der Waals surface area (Å²) in [6.45, 7) is 6.50. The summed E-state index contributed by atoms with van der Waals surface area (Å²) < 4.78 is 6.08. The SMILES string of the molecule is CCNCC(=O)N1CCc2sccc2C1COc1ccccc1C. The summed E-state index contributed by atoms with van der Waals surface area (Å²) in [7, 11) is 0. The van der Waals surface area contributed by atoms with Gasteiger partial charge < -0.3 is 15.0 Å². The average Bonchev–Trinajstić information content (AvgIpc) is 3.07. The number of nitrogens with one attached hydrogen (secondary N) is 1. The fourth-order valence-electron chi connectivity index (χ4n) is 3.10. The highest BCUT2D eigenvalue weighted by molar-refractivity contribution is 7.10. The van der Waals surface area contributed by atoms with E-state index in [9.17, 15) is 4.79 Å². The van der Waals surface area contributed by atoms with Gasteiger partial charge in [-0.05, 0) is 48.5 Å². The Morgan fingerprint density at radius 1 is 1.38 bits per heavy atom. The van der Waals surface area contributed by atoms with Crippen LogP contribution in [0.15, 0.2) is 35.7 Å². The minimum absolute atomic E-state index is 0.00855. The third-order valence-corrected chi connectivity index (χ3v) is 5.43. The van der Waals surface area contributed by atoms with Crippen molar-refractivity contribution in [2.75, 3.05) is 26.2 Å². The van der Waals surface area contributed by atoms with Crippen LogP contribution in [0.25, 0.3) is 0 Å². The number of likely N-dealkylation sites (N-methyl/N-ethyl adjacent to an activating group) is 1. The molecule has 1 unspecified atom stereocenters. The van der Waals surface area contributed by atoms with E-state index in [0.29, 0.717) is 13.2 Å². The number of carbonyl (C=O) groups is 1. The van der Waals surface area contributed by atoms with Gasteiger partial charge in [0.1, 0.15) is 12.4 Å². The second-order valence-electron chi connectivity index (χ2n) is 6.01. The molecule has 3 rings (SSSR count). The summed E-state index contributed by atoms with van der Waals surface area (Å²) in [5.74, 6) is 1.03. The summed E-state index contributed by atoms with van der Waals surface area (Å²) in [5, 5.41) is 5.25. The van der Waals surface area contributed by atoms with Crippen LogP contribution < -0.4 is 10.1 Å². The molecule has 0 spiro atoms. The molecule has 0 aliphatic carbocycles. The Hall–Kier alpha value is -1.85. The highest BCUT2D eigenvalue weighted by Crippen LogP contribution is 2.34. The lowest BCUT2D eigenvalue weighted by Crippen LogP contribution is -2.45. The maximum atomic E-state index is 12.6. The normalized spacial score (nSPS) is 16.8. The fourth-order valence-corrected chi connectivity index (χ4v) is 4.02. The maximum absolute atomic E-state index is 12.6. The molecule has 0 bridgehead atoms. The first-order valence-electron chi connectivity index (χ1n) is 8.45. The molecule has 1 aliphatic rings. The zero-order chi connectivity index (χ0) is 16.9. The molecule has 1 amide bonds. The first-order chi connectivity index (χ1) is 11.7. The molecule has 2 heterocycles. The van der Waals surface area contributed by atoms with Crippen molar-refractivity contribution in [1.29, 1.82) is 0 Å². The molecule has 0 saturated carbocycles. The number of thiophene rings is 1. The number of para-hydroxylation sites is 1. The standard InChI is InChI=1S/C19H24N2O2S/c1-3-20-12-19(22)21-10-8-18-15(9-11-24-18)16(21)13-23-17-7-5-4-6-14(17)2/h4-7,9,11,16,20H,3,8,10,12-13H2,1-2H3. The molecular weight excluding hydrogens is 320 g/mol. The van der Waals surface area contributed by atoms with Gasteiger partial charge in [0, 0.05) is 11.4 Å². The van der Waals surface area contributed by atoms with Crippen LogP contribution in [0, 0.1) is 6.92 Å². The van der Waals surface area contributed by atoms with Gasteiger partial charge in [0.2, 0.25) is 5.91 Å². The van der Waals surface area contributed by atoms with Gasteiger partial charge in [0.05, 0.1) is 12.6 Å². The molecule has 1 atom stereocenters. The van der Waals surface area contributed by atoms with Gasteiger partial charge in [-0.15, -0.1) is 11.3 Å². The van der Waals surface area contributed by atoms with Gasteiger partial charge in [-0.1, -0.05) is 25.1 Å². The van der Waals surface area contributed by atoms with E-state index in [1.807, 2.05) is 43.0 Å². The van der Waals surface area contributed by atoms with Gasteiger partial charge >= 0.3 is 0 Å². The smallest absolute Gasteiger partial charge is 0.237 e. The summed E-state index contributed by atoms with van der Waals surface area (Å²) in [4.78, 5) is 15.9. The predicted octanol–water partition coefficient (Wildman–Crippen LogP) is 3.17. The van der Waals surface area contributed by atoms with Crippen LogP contribution in [-0.4, -0.2) is 37.0 Å². The molecule has 1 aliphatic heterocycles. The van der Waals surface area contributed by atoms with E-state index in [4.69, 9.17) is 4.74 Å². The number of benzene rings is 1. The lowest BCUT2D eigenvalue weighted by molar-refractivity contribution is -0.133. The molecule has 1 aromatic heterocycles. The quantitative estimate of drug-likeness (QED) is 0.875. The first-order valence-corrected chi connectivity index (χ1v) is 9.33. The van der Waals surface area contributed by atoms with Crippen LogP contribution >= 0.6 is 11.3 Å². The third kappa shape index (κ3) is 3.62. The van der Waals surface area contributed by atoms with E-state index >= 15 is 0 Å². The van der Waals surface area contributed by atoms with E-state index in [1.165, 1.54) is 10.4 Å². The predicted molar refractivity (Wildman–Crippen MR) is 97.7 cm³/mol. The summed E-state index contributed by atoms with van der Waals surface area (Å²) in [6, 6.07) is 10.1. The van der Waals surface area contributed by atoms with E-state index in [1.54, 1.807) is 11.3 Å². The monoisotopic (exact) mass is 344 g/mol. The Bertz CT molecular complexity index is 698. The fraction of sp³-hybridized carbons (Fsp3) is 0.421. The molecule has 128 valence electrons. The molecule has 5 heteroatoms. The molecular formula is C19H24N2O2S. The van der Waals surface area contributed by atoms with E-state index < -0.39 is 0 Å². The number of fused-ring (bicyclic) bond motifs is 1. The molecule has 0 radical (unpaired) electrons. The lowest BCUT2D eigenvalue weighted by Gasteiger charge is -2.36. The van der Waals surface area contributed by atoms with Crippen molar-refractivity contribution in [3.05, 3.63) is 51.7 Å². The molecule has 0 fully saturated rings. The highest BCUT2D eigenvalue weighted by Gasteiger charge is 2.31. The minimum Gasteiger partial charge on any atom is -0.491 e. The van der Waals surface area contributed by atoms with Crippen LogP contribution in [0.1, 0.15) is 29.0 Å². The van der Waals surface area contributed by atoms with Gasteiger partial charge in [0.15, 0.2) is 0 Å². The summed E-state index contributed by atoms with van der Waals surface area (Å²) >= 11 is 1.78. The van der Waals surface area contributed by atoms with Crippen molar-refractivity contribution in [3.8, 4) is 5.75 Å². The maximum Gasteiger partial charge on any atom is 0.237 e. The number of hydrogen-bond donors (Lipinski definition) is 1. The molecule has 1 N–H and O–H groups in total. The number of hydrogen-bond acceptors (Lipinski definition) is 4. The average molecular weight is 344 g/mol. The number of ether oxygens (including phenoxy) is 1. The zero-order valence-corrected chi connectivity index (χ0v) is 15.1. The summed E-state index contributed by atoms with van der Waals surface area (Å²) in [6.07, 6.45) is 0.936. The zero-order valence-electron chi connectivity index (χ0n) is 14.2. The van der Waals surface area contributed by atoms with Crippen molar-refractivity contribution in [3.63, 3.8) is 0 Å². The van der Waals surface area contributed by atoms with E-state index in [-0.39, 0.29) is 11.9 Å². The molecule has 2 aromatic rings. The molecule has 1 aromatic carbocycles. The number of nitrogens with zero attached hydrogens (tertiary/aromatic N) is 1. The minimum atomic E-state index is -0.00855. The number of rotatable bonds is 6. The third-order valence-electron chi connectivity index (χ3n) is 4.43. The van der Waals surface area contributed by atoms with Gasteiger partial charge in [-0.2, -0.15) is 0 Å². The van der Waals surface area contributed by atoms with E-state index in [0.717, 1.165) is 30.8 Å². The Morgan fingerprint density at radius 2 is 2.21 bits per heavy atom.